The average Bonchev–Trinajstić information content (AvgIpc) is 2.93. The third-order valence-corrected chi connectivity index (χ3v) is 2.98. The zero-order chi connectivity index (χ0) is 15.4. The molecule has 0 saturated carbocycles. The molecule has 0 aliphatic carbocycles. The van der Waals surface area contributed by atoms with Gasteiger partial charge in [0.25, 0.3) is 5.91 Å². The number of aromatic nitrogens is 2. The fourth-order valence-corrected chi connectivity index (χ4v) is 1.88. The second kappa shape index (κ2) is 6.08. The summed E-state index contributed by atoms with van der Waals surface area (Å²) in [5.74, 6) is -1.99. The minimum Gasteiger partial charge on any atom is -0.507 e. The van der Waals surface area contributed by atoms with Crippen molar-refractivity contribution in [3.05, 3.63) is 47.5 Å². The third-order valence-electron chi connectivity index (χ3n) is 2.98. The lowest BCUT2D eigenvalue weighted by atomic mass is 10.1. The van der Waals surface area contributed by atoms with E-state index in [-0.39, 0.29) is 17.7 Å². The molecule has 0 aliphatic rings. The minimum atomic E-state index is -1.16. The van der Waals surface area contributed by atoms with E-state index >= 15 is 0 Å². The van der Waals surface area contributed by atoms with Crippen LogP contribution in [0.5, 0.6) is 5.75 Å². The zero-order valence-electron chi connectivity index (χ0n) is 11.3. The molecule has 1 aromatic heterocycles. The van der Waals surface area contributed by atoms with Crippen LogP contribution in [0.25, 0.3) is 0 Å². The number of benzene rings is 1. The highest BCUT2D eigenvalue weighted by Crippen LogP contribution is 2.18. The van der Waals surface area contributed by atoms with Crippen molar-refractivity contribution in [2.45, 2.75) is 19.4 Å². The normalized spacial score (nSPS) is 11.9. The quantitative estimate of drug-likeness (QED) is 0.651. The van der Waals surface area contributed by atoms with Crippen LogP contribution < -0.4 is 5.32 Å². The number of nitrogens with zero attached hydrogens (tertiary/aromatic N) is 1. The predicted octanol–water partition coefficient (Wildman–Crippen LogP) is 0.849. The molecule has 0 saturated heterocycles. The van der Waals surface area contributed by atoms with Gasteiger partial charge in [-0.25, -0.2) is 9.78 Å². The van der Waals surface area contributed by atoms with E-state index in [1.54, 1.807) is 13.0 Å². The Hall–Kier alpha value is -2.83. The van der Waals surface area contributed by atoms with Crippen molar-refractivity contribution in [1.82, 2.24) is 15.3 Å². The van der Waals surface area contributed by atoms with E-state index in [9.17, 15) is 19.8 Å². The molecule has 1 aromatic carbocycles. The van der Waals surface area contributed by atoms with Crippen LogP contribution in [0.3, 0.4) is 0 Å². The highest BCUT2D eigenvalue weighted by atomic mass is 16.4. The number of aryl methyl sites for hydroxylation is 1. The molecule has 110 valence electrons. The van der Waals surface area contributed by atoms with E-state index in [2.05, 4.69) is 15.3 Å². The van der Waals surface area contributed by atoms with Gasteiger partial charge in [0.05, 0.1) is 11.9 Å². The van der Waals surface area contributed by atoms with Crippen molar-refractivity contribution in [3.8, 4) is 5.75 Å². The first-order chi connectivity index (χ1) is 9.97. The van der Waals surface area contributed by atoms with Gasteiger partial charge in [-0.1, -0.05) is 11.6 Å². The van der Waals surface area contributed by atoms with Gasteiger partial charge in [0.1, 0.15) is 11.8 Å². The van der Waals surface area contributed by atoms with Crippen LogP contribution in [0.2, 0.25) is 0 Å². The number of carboxylic acids is 1. The Balaban J connectivity index is 2.14. The summed E-state index contributed by atoms with van der Waals surface area (Å²) in [6.45, 7) is 1.77. The van der Waals surface area contributed by atoms with Crippen molar-refractivity contribution in [2.24, 2.45) is 0 Å². The van der Waals surface area contributed by atoms with Gasteiger partial charge in [0, 0.05) is 18.3 Å². The molecular weight excluding hydrogens is 274 g/mol. The zero-order valence-corrected chi connectivity index (χ0v) is 11.3. The number of amides is 1. The van der Waals surface area contributed by atoms with E-state index in [0.29, 0.717) is 5.69 Å². The maximum Gasteiger partial charge on any atom is 0.326 e. The Morgan fingerprint density at radius 1 is 1.43 bits per heavy atom. The molecule has 0 aliphatic heterocycles. The van der Waals surface area contributed by atoms with Gasteiger partial charge in [-0.3, -0.25) is 4.79 Å². The number of hydrogen-bond acceptors (Lipinski definition) is 4. The highest BCUT2D eigenvalue weighted by molar-refractivity contribution is 5.99. The summed E-state index contributed by atoms with van der Waals surface area (Å²) in [7, 11) is 0. The molecule has 21 heavy (non-hydrogen) atoms. The Labute approximate surface area is 120 Å². The van der Waals surface area contributed by atoms with Crippen molar-refractivity contribution in [1.29, 1.82) is 0 Å². The summed E-state index contributed by atoms with van der Waals surface area (Å²) in [4.78, 5) is 29.9. The summed E-state index contributed by atoms with van der Waals surface area (Å²) in [5.41, 5.74) is 1.43. The second-order valence-electron chi connectivity index (χ2n) is 4.67. The van der Waals surface area contributed by atoms with Crippen LogP contribution in [0.4, 0.5) is 0 Å². The number of carboxylic acid groups (broad SMARTS) is 1. The largest absolute Gasteiger partial charge is 0.507 e. The van der Waals surface area contributed by atoms with E-state index in [4.69, 9.17) is 0 Å². The van der Waals surface area contributed by atoms with Crippen molar-refractivity contribution < 1.29 is 19.8 Å². The number of nitrogens with one attached hydrogen (secondary N) is 2. The molecule has 1 atom stereocenters. The number of imidazole rings is 1. The molecule has 0 unspecified atom stereocenters. The molecular formula is C14H15N3O4. The first-order valence-corrected chi connectivity index (χ1v) is 6.28. The van der Waals surface area contributed by atoms with Gasteiger partial charge in [-0.05, 0) is 19.1 Å². The molecule has 0 bridgehead atoms. The lowest BCUT2D eigenvalue weighted by molar-refractivity contribution is -0.139. The van der Waals surface area contributed by atoms with Gasteiger partial charge < -0.3 is 20.5 Å². The van der Waals surface area contributed by atoms with Crippen molar-refractivity contribution in [3.63, 3.8) is 0 Å². The van der Waals surface area contributed by atoms with Crippen molar-refractivity contribution in [2.75, 3.05) is 0 Å². The maximum absolute atomic E-state index is 12.1. The van der Waals surface area contributed by atoms with Crippen LogP contribution in [-0.2, 0) is 11.2 Å². The number of aromatic hydroxyl groups is 1. The second-order valence-corrected chi connectivity index (χ2v) is 4.67. The number of rotatable bonds is 5. The van der Waals surface area contributed by atoms with Crippen LogP contribution in [0.1, 0.15) is 21.6 Å². The number of phenolic OH excluding ortho intramolecular Hbond substituents is 1. The molecule has 2 rings (SSSR count). The predicted molar refractivity (Wildman–Crippen MR) is 74.0 cm³/mol. The number of aliphatic carboxylic acids is 1. The summed E-state index contributed by atoms with van der Waals surface area (Å²) < 4.78 is 0. The molecule has 7 heteroatoms. The third kappa shape index (κ3) is 3.59. The van der Waals surface area contributed by atoms with Crippen LogP contribution >= 0.6 is 0 Å². The monoisotopic (exact) mass is 289 g/mol. The molecule has 0 spiro atoms. The maximum atomic E-state index is 12.1. The Morgan fingerprint density at radius 2 is 2.19 bits per heavy atom. The van der Waals surface area contributed by atoms with Gasteiger partial charge in [0.15, 0.2) is 0 Å². The summed E-state index contributed by atoms with van der Waals surface area (Å²) >= 11 is 0. The Bertz CT molecular complexity index is 652. The molecule has 2 aromatic rings. The lowest BCUT2D eigenvalue weighted by Gasteiger charge is -2.14. The molecule has 1 heterocycles. The summed E-state index contributed by atoms with van der Waals surface area (Å²) in [6.07, 6.45) is 3.00. The van der Waals surface area contributed by atoms with Gasteiger partial charge in [-0.15, -0.1) is 0 Å². The van der Waals surface area contributed by atoms with Crippen LogP contribution in [-0.4, -0.2) is 38.1 Å². The van der Waals surface area contributed by atoms with Crippen LogP contribution in [0.15, 0.2) is 30.7 Å². The standard InChI is InChI=1S/C14H15N3O4/c1-8-2-3-12(18)10(4-8)13(19)17-11(14(20)21)5-9-6-15-7-16-9/h2-4,6-7,11,18H,5H2,1H3,(H,15,16)(H,17,19)(H,20,21)/t11-/m0/s1. The minimum absolute atomic E-state index is 0.0471. The summed E-state index contributed by atoms with van der Waals surface area (Å²) in [5, 5.41) is 21.3. The highest BCUT2D eigenvalue weighted by Gasteiger charge is 2.23. The summed E-state index contributed by atoms with van der Waals surface area (Å²) in [6, 6.07) is 3.44. The molecule has 0 radical (unpaired) electrons. The van der Waals surface area contributed by atoms with E-state index in [1.807, 2.05) is 0 Å². The molecule has 4 N–H and O–H groups in total. The van der Waals surface area contributed by atoms with Crippen molar-refractivity contribution >= 4 is 11.9 Å². The molecule has 7 nitrogen and oxygen atoms in total. The molecule has 0 fully saturated rings. The number of carbonyl (C=O) groups excluding carboxylic acids is 1. The fraction of sp³-hybridized carbons (Fsp3) is 0.214. The number of H-pyrrole nitrogens is 1. The Kier molecular flexibility index (Phi) is 4.22. The number of carbonyl (C=O) groups is 2. The topological polar surface area (TPSA) is 115 Å². The fourth-order valence-electron chi connectivity index (χ4n) is 1.88. The first-order valence-electron chi connectivity index (χ1n) is 6.28. The number of phenols is 1. The van der Waals surface area contributed by atoms with E-state index in [1.165, 1.54) is 24.7 Å². The lowest BCUT2D eigenvalue weighted by Crippen LogP contribution is -2.42. The van der Waals surface area contributed by atoms with Gasteiger partial charge >= 0.3 is 5.97 Å². The SMILES string of the molecule is Cc1ccc(O)c(C(=O)N[C@@H](Cc2cnc[nH]2)C(=O)O)c1. The average molecular weight is 289 g/mol. The number of hydrogen-bond donors (Lipinski definition) is 4. The van der Waals surface area contributed by atoms with Crippen LogP contribution in [0, 0.1) is 6.92 Å². The molecule has 1 amide bonds. The Morgan fingerprint density at radius 3 is 2.81 bits per heavy atom. The smallest absolute Gasteiger partial charge is 0.326 e. The van der Waals surface area contributed by atoms with E-state index < -0.39 is 17.9 Å². The van der Waals surface area contributed by atoms with Gasteiger partial charge in [0.2, 0.25) is 0 Å². The van der Waals surface area contributed by atoms with Gasteiger partial charge in [-0.2, -0.15) is 0 Å². The number of aromatic amines is 1. The van der Waals surface area contributed by atoms with E-state index in [0.717, 1.165) is 5.56 Å². The first kappa shape index (κ1) is 14.6.